The molecule has 2 saturated heterocycles. The van der Waals surface area contributed by atoms with Crippen molar-refractivity contribution in [1.29, 1.82) is 0 Å². The van der Waals surface area contributed by atoms with Crippen LogP contribution in [0.1, 0.15) is 16.7 Å². The molecule has 45 heavy (non-hydrogen) atoms. The molecule has 3 heterocycles. The van der Waals surface area contributed by atoms with Crippen LogP contribution in [0.25, 0.3) is 10.2 Å². The van der Waals surface area contributed by atoms with Gasteiger partial charge in [-0.05, 0) is 47.0 Å². The first-order chi connectivity index (χ1) is 21.7. The highest BCUT2D eigenvalue weighted by Gasteiger charge is 2.52. The molecule has 0 bridgehead atoms. The van der Waals surface area contributed by atoms with Crippen molar-refractivity contribution in [2.45, 2.75) is 31.7 Å². The van der Waals surface area contributed by atoms with Gasteiger partial charge in [-0.3, -0.25) is 9.59 Å². The summed E-state index contributed by atoms with van der Waals surface area (Å²) in [5.41, 5.74) is 15.5. The van der Waals surface area contributed by atoms with Crippen molar-refractivity contribution < 1.29 is 18.8 Å². The maximum Gasteiger partial charge on any atom is 0.333 e. The van der Waals surface area contributed by atoms with Gasteiger partial charge in [0.15, 0.2) is 5.13 Å². The number of hydrogen-bond donors (Lipinski definition) is 3. The van der Waals surface area contributed by atoms with Crippen LogP contribution in [-0.2, 0) is 29.1 Å². The largest absolute Gasteiger partial charge is 0.399 e. The third-order valence-electron chi connectivity index (χ3n) is 8.00. The zero-order valence-electron chi connectivity index (χ0n) is 24.2. The average Bonchev–Trinajstić information content (AvgIpc) is 3.57. The summed E-state index contributed by atoms with van der Waals surface area (Å²) in [6.07, 6.45) is 5.27. The Bertz CT molecular complexity index is 1790. The third kappa shape index (κ3) is 6.11. The molecule has 1 aromatic heterocycles. The predicted molar refractivity (Wildman–Crippen MR) is 169 cm³/mol. The summed E-state index contributed by atoms with van der Waals surface area (Å²) in [5.74, 6) is 1.62. The highest BCUT2D eigenvalue weighted by atomic mass is 32.1. The average molecular weight is 627 g/mol. The molecule has 0 saturated carbocycles. The lowest BCUT2D eigenvalue weighted by Gasteiger charge is -2.46. The van der Waals surface area contributed by atoms with Crippen molar-refractivity contribution in [2.24, 2.45) is 0 Å². The first-order valence-electron chi connectivity index (χ1n) is 14.3. The van der Waals surface area contributed by atoms with Crippen LogP contribution < -0.4 is 16.8 Å². The number of benzene rings is 3. The minimum Gasteiger partial charge on any atom is -0.399 e. The molecule has 0 aliphatic carbocycles. The van der Waals surface area contributed by atoms with Crippen molar-refractivity contribution in [3.63, 3.8) is 0 Å². The third-order valence-corrected chi connectivity index (χ3v) is 8.85. The number of amides is 4. The maximum atomic E-state index is 14.1. The molecular formula is C32H31FN8O3S. The molecule has 4 amide bonds. The van der Waals surface area contributed by atoms with E-state index in [9.17, 15) is 18.8 Å². The Kier molecular flexibility index (Phi) is 8.25. The van der Waals surface area contributed by atoms with Gasteiger partial charge in [0, 0.05) is 25.2 Å². The maximum absolute atomic E-state index is 14.1. The van der Waals surface area contributed by atoms with Crippen LogP contribution >= 0.6 is 11.3 Å². The number of thiazole rings is 1. The van der Waals surface area contributed by atoms with Gasteiger partial charge in [-0.2, -0.15) is 5.01 Å². The van der Waals surface area contributed by atoms with Crippen LogP contribution in [0.5, 0.6) is 0 Å². The van der Waals surface area contributed by atoms with Gasteiger partial charge in [-0.1, -0.05) is 53.7 Å². The summed E-state index contributed by atoms with van der Waals surface area (Å²) in [7, 11) is 0. The standard InChI is InChI=1S/C32H31FN8O3S/c1-2-14-39(32(44)36-16-21-6-10-23(33)11-7-21)40-19-28(42)41-25(15-20-8-12-24(34)13-9-20)30(43)38(18-27(40)41)17-22-4-3-5-26-29(22)37-31(35)45-26/h1,3-13,25,27H,14-19,34H2,(H2,35,37)(H,36,44)/t25-,27+/m0/s1. The number of terminal acetylenes is 1. The molecular weight excluding hydrogens is 595 g/mol. The Morgan fingerprint density at radius 1 is 1.09 bits per heavy atom. The lowest BCUT2D eigenvalue weighted by atomic mass is 9.99. The van der Waals surface area contributed by atoms with E-state index in [1.165, 1.54) is 28.5 Å². The zero-order chi connectivity index (χ0) is 31.7. The molecule has 2 aliphatic heterocycles. The van der Waals surface area contributed by atoms with Gasteiger partial charge in [0.25, 0.3) is 0 Å². The summed E-state index contributed by atoms with van der Waals surface area (Å²) < 4.78 is 14.3. The van der Waals surface area contributed by atoms with Crippen LogP contribution in [0.4, 0.5) is 20.0 Å². The van der Waals surface area contributed by atoms with Crippen LogP contribution in [0.3, 0.4) is 0 Å². The van der Waals surface area contributed by atoms with Crippen LogP contribution in [0.2, 0.25) is 0 Å². The molecule has 4 aromatic rings. The van der Waals surface area contributed by atoms with E-state index < -0.39 is 18.2 Å². The first-order valence-corrected chi connectivity index (χ1v) is 15.1. The number of nitrogens with zero attached hydrogens (tertiary/aromatic N) is 5. The highest BCUT2D eigenvalue weighted by molar-refractivity contribution is 7.22. The van der Waals surface area contributed by atoms with Crippen LogP contribution in [-0.4, -0.2) is 74.5 Å². The lowest BCUT2D eigenvalue weighted by molar-refractivity contribution is -0.157. The fourth-order valence-corrected chi connectivity index (χ4v) is 6.64. The van der Waals surface area contributed by atoms with E-state index in [2.05, 4.69) is 16.2 Å². The molecule has 3 aromatic carbocycles. The van der Waals surface area contributed by atoms with Gasteiger partial charge < -0.3 is 26.6 Å². The van der Waals surface area contributed by atoms with Gasteiger partial charge in [-0.15, -0.1) is 6.42 Å². The summed E-state index contributed by atoms with van der Waals surface area (Å²) >= 11 is 1.37. The molecule has 13 heteroatoms. The Balaban J connectivity index is 1.31. The fourth-order valence-electron chi connectivity index (χ4n) is 5.86. The summed E-state index contributed by atoms with van der Waals surface area (Å²) in [5, 5.41) is 6.19. The first kappa shape index (κ1) is 29.9. The van der Waals surface area contributed by atoms with Crippen molar-refractivity contribution in [3.05, 3.63) is 89.2 Å². The number of rotatable bonds is 8. The summed E-state index contributed by atoms with van der Waals surface area (Å²) in [6.45, 7) is 0.233. The minimum absolute atomic E-state index is 0.110. The number of halogens is 1. The molecule has 2 atom stereocenters. The number of fused-ring (bicyclic) bond motifs is 2. The second-order valence-corrected chi connectivity index (χ2v) is 12.0. The Morgan fingerprint density at radius 2 is 1.82 bits per heavy atom. The van der Waals surface area contributed by atoms with Gasteiger partial charge in [-0.25, -0.2) is 19.2 Å². The molecule has 2 aliphatic rings. The molecule has 0 unspecified atom stereocenters. The van der Waals surface area contributed by atoms with Gasteiger partial charge in [0.2, 0.25) is 11.8 Å². The Hall–Kier alpha value is -5.19. The predicted octanol–water partition coefficient (Wildman–Crippen LogP) is 2.78. The molecule has 230 valence electrons. The SMILES string of the molecule is C#CCN(C(=O)NCc1ccc(F)cc1)N1CC(=O)N2[C@@H](Cc3ccc(N)cc3)C(=O)N(Cc3cccc4sc(N)nc34)C[C@@H]21. The Morgan fingerprint density at radius 3 is 2.56 bits per heavy atom. The van der Waals surface area contributed by atoms with E-state index in [1.807, 2.05) is 30.3 Å². The smallest absolute Gasteiger partial charge is 0.333 e. The number of piperazine rings is 1. The van der Waals surface area contributed by atoms with E-state index in [1.54, 1.807) is 39.1 Å². The van der Waals surface area contributed by atoms with Crippen molar-refractivity contribution in [1.82, 2.24) is 30.1 Å². The van der Waals surface area contributed by atoms with E-state index in [4.69, 9.17) is 17.9 Å². The molecule has 6 rings (SSSR count). The van der Waals surface area contributed by atoms with Gasteiger partial charge in [0.1, 0.15) is 18.0 Å². The Labute approximate surface area is 263 Å². The van der Waals surface area contributed by atoms with Crippen molar-refractivity contribution in [3.8, 4) is 12.3 Å². The number of carbonyl (C=O) groups is 3. The number of para-hydroxylation sites is 1. The van der Waals surface area contributed by atoms with Crippen LogP contribution in [0.15, 0.2) is 66.7 Å². The number of anilines is 2. The van der Waals surface area contributed by atoms with E-state index in [0.29, 0.717) is 16.4 Å². The lowest BCUT2D eigenvalue weighted by Crippen LogP contribution is -2.66. The molecule has 2 fully saturated rings. The zero-order valence-corrected chi connectivity index (χ0v) is 25.0. The number of aromatic nitrogens is 1. The second kappa shape index (κ2) is 12.4. The number of urea groups is 1. The van der Waals surface area contributed by atoms with Crippen molar-refractivity contribution >= 4 is 50.2 Å². The van der Waals surface area contributed by atoms with E-state index in [0.717, 1.165) is 21.3 Å². The normalized spacial score (nSPS) is 18.2. The van der Waals surface area contributed by atoms with Crippen LogP contribution in [0, 0.1) is 18.2 Å². The van der Waals surface area contributed by atoms with E-state index >= 15 is 0 Å². The quantitative estimate of drug-likeness (QED) is 0.202. The van der Waals surface area contributed by atoms with E-state index in [-0.39, 0.29) is 56.8 Å². The highest BCUT2D eigenvalue weighted by Crippen LogP contribution is 2.32. The summed E-state index contributed by atoms with van der Waals surface area (Å²) in [4.78, 5) is 49.0. The number of hydrazine groups is 1. The number of nitrogens with one attached hydrogen (secondary N) is 1. The summed E-state index contributed by atoms with van der Waals surface area (Å²) in [6, 6.07) is 17.3. The number of hydrogen-bond acceptors (Lipinski definition) is 8. The number of carbonyl (C=O) groups excluding carboxylic acids is 3. The number of nitrogen functional groups attached to an aromatic ring is 2. The molecule has 0 spiro atoms. The minimum atomic E-state index is -0.834. The number of nitrogens with two attached hydrogens (primary N) is 2. The van der Waals surface area contributed by atoms with Crippen molar-refractivity contribution in [2.75, 3.05) is 31.1 Å². The fraction of sp³-hybridized carbons (Fsp3) is 0.250. The molecule has 0 radical (unpaired) electrons. The molecule has 5 N–H and O–H groups in total. The van der Waals surface area contributed by atoms with Gasteiger partial charge >= 0.3 is 6.03 Å². The second-order valence-electron chi connectivity index (χ2n) is 10.9. The van der Waals surface area contributed by atoms with Gasteiger partial charge in [0.05, 0.1) is 29.9 Å². The molecule has 11 nitrogen and oxygen atoms in total. The monoisotopic (exact) mass is 626 g/mol. The topological polar surface area (TPSA) is 141 Å².